The van der Waals surface area contributed by atoms with Crippen LogP contribution in [0.3, 0.4) is 0 Å². The van der Waals surface area contributed by atoms with Crippen LogP contribution >= 0.6 is 0 Å². The molecule has 0 radical (unpaired) electrons. The topological polar surface area (TPSA) is 58.6 Å². The van der Waals surface area contributed by atoms with Crippen molar-refractivity contribution in [1.82, 2.24) is 5.32 Å². The minimum atomic E-state index is -0.494. The average molecular weight is 279 g/mol. The van der Waals surface area contributed by atoms with Crippen LogP contribution in [0, 0.1) is 5.92 Å². The lowest BCUT2D eigenvalue weighted by Gasteiger charge is -2.19. The molecule has 0 spiro atoms. The highest BCUT2D eigenvalue weighted by Crippen LogP contribution is 2.19. The molecule has 4 nitrogen and oxygen atoms in total. The lowest BCUT2D eigenvalue weighted by molar-refractivity contribution is -0.122. The number of aliphatic hydroxyl groups excluding tert-OH is 1. The maximum atomic E-state index is 12.1. The summed E-state index contributed by atoms with van der Waals surface area (Å²) in [7, 11) is 1.61. The Morgan fingerprint density at radius 2 is 1.90 bits per heavy atom. The molecule has 0 bridgehead atoms. The molecule has 1 aromatic carbocycles. The van der Waals surface area contributed by atoms with E-state index in [0.717, 1.165) is 17.7 Å². The summed E-state index contributed by atoms with van der Waals surface area (Å²) in [5, 5.41) is 12.7. The minimum absolute atomic E-state index is 0.0717. The Kier molecular flexibility index (Phi) is 6.52. The van der Waals surface area contributed by atoms with E-state index in [2.05, 4.69) is 5.32 Å². The molecule has 20 heavy (non-hydrogen) atoms. The van der Waals surface area contributed by atoms with Gasteiger partial charge in [0.25, 0.3) is 0 Å². The van der Waals surface area contributed by atoms with Gasteiger partial charge in [0.15, 0.2) is 0 Å². The fraction of sp³-hybridized carbons (Fsp3) is 0.562. The van der Waals surface area contributed by atoms with Gasteiger partial charge in [-0.15, -0.1) is 0 Å². The molecular formula is C16H25NO3. The Morgan fingerprint density at radius 1 is 1.30 bits per heavy atom. The molecule has 2 N–H and O–H groups in total. The second kappa shape index (κ2) is 7.90. The summed E-state index contributed by atoms with van der Waals surface area (Å²) in [6.45, 7) is 6.15. The highest BCUT2D eigenvalue weighted by atomic mass is 16.5. The van der Waals surface area contributed by atoms with Crippen molar-refractivity contribution < 1.29 is 14.6 Å². The summed E-state index contributed by atoms with van der Waals surface area (Å²) in [6.07, 6.45) is 0.400. The number of carbonyl (C=O) groups excluding carboxylic acids is 1. The second-order valence-electron chi connectivity index (χ2n) is 5.19. The van der Waals surface area contributed by atoms with Gasteiger partial charge < -0.3 is 15.2 Å². The smallest absolute Gasteiger partial charge is 0.227 e. The maximum Gasteiger partial charge on any atom is 0.227 e. The zero-order chi connectivity index (χ0) is 15.1. The third-order valence-electron chi connectivity index (χ3n) is 3.80. The van der Waals surface area contributed by atoms with Crippen molar-refractivity contribution in [2.24, 2.45) is 5.92 Å². The number of ether oxygens (including phenoxy) is 1. The van der Waals surface area contributed by atoms with Crippen LogP contribution in [-0.4, -0.2) is 30.8 Å². The van der Waals surface area contributed by atoms with Gasteiger partial charge >= 0.3 is 0 Å². The van der Waals surface area contributed by atoms with Gasteiger partial charge in [0.1, 0.15) is 5.75 Å². The van der Waals surface area contributed by atoms with Gasteiger partial charge in [-0.05, 0) is 30.5 Å². The first kappa shape index (κ1) is 16.5. The summed E-state index contributed by atoms with van der Waals surface area (Å²) in [5.41, 5.74) is 0.932. The molecule has 0 heterocycles. The first-order valence-corrected chi connectivity index (χ1v) is 7.09. The van der Waals surface area contributed by atoms with Crippen molar-refractivity contribution in [3.8, 4) is 5.75 Å². The van der Waals surface area contributed by atoms with E-state index in [0.29, 0.717) is 6.54 Å². The molecule has 4 heteroatoms. The second-order valence-corrected chi connectivity index (χ2v) is 5.19. The normalized spacial score (nSPS) is 15.2. The van der Waals surface area contributed by atoms with Crippen LogP contribution in [0.2, 0.25) is 0 Å². The van der Waals surface area contributed by atoms with E-state index in [-0.39, 0.29) is 17.7 Å². The summed E-state index contributed by atoms with van der Waals surface area (Å²) in [5.74, 6) is 0.641. The fourth-order valence-corrected chi connectivity index (χ4v) is 1.88. The number of methoxy groups -OCH3 is 1. The standard InChI is InChI=1S/C16H25NO3/c1-5-11(2)15(18)10-17-16(19)12(3)13-6-8-14(20-4)9-7-13/h6-9,11-12,15,18H,5,10H2,1-4H3,(H,17,19). The third-order valence-corrected chi connectivity index (χ3v) is 3.80. The van der Waals surface area contributed by atoms with Gasteiger partial charge in [-0.2, -0.15) is 0 Å². The van der Waals surface area contributed by atoms with Crippen molar-refractivity contribution in [3.63, 3.8) is 0 Å². The fourth-order valence-electron chi connectivity index (χ4n) is 1.88. The third kappa shape index (κ3) is 4.53. The van der Waals surface area contributed by atoms with E-state index in [1.165, 1.54) is 0 Å². The number of hydrogen-bond donors (Lipinski definition) is 2. The molecule has 3 atom stereocenters. The molecule has 0 aliphatic carbocycles. The van der Waals surface area contributed by atoms with E-state index in [1.807, 2.05) is 45.0 Å². The molecule has 0 aliphatic heterocycles. The molecule has 1 amide bonds. The molecule has 112 valence electrons. The summed E-state index contributed by atoms with van der Waals surface area (Å²) >= 11 is 0. The molecule has 0 saturated heterocycles. The van der Waals surface area contributed by atoms with Crippen molar-refractivity contribution in [3.05, 3.63) is 29.8 Å². The van der Waals surface area contributed by atoms with Gasteiger partial charge in [-0.25, -0.2) is 0 Å². The van der Waals surface area contributed by atoms with Gasteiger partial charge in [0.2, 0.25) is 5.91 Å². The van der Waals surface area contributed by atoms with Crippen molar-refractivity contribution >= 4 is 5.91 Å². The number of rotatable bonds is 7. The molecule has 0 aliphatic rings. The number of nitrogens with one attached hydrogen (secondary N) is 1. The van der Waals surface area contributed by atoms with Gasteiger partial charge in [0, 0.05) is 6.54 Å². The lowest BCUT2D eigenvalue weighted by atomic mass is 9.99. The summed E-state index contributed by atoms with van der Waals surface area (Å²) in [6, 6.07) is 7.45. The molecule has 1 aromatic rings. The quantitative estimate of drug-likeness (QED) is 0.805. The van der Waals surface area contributed by atoms with Crippen LogP contribution < -0.4 is 10.1 Å². The number of aliphatic hydroxyl groups is 1. The Bertz CT molecular complexity index is 416. The van der Waals surface area contributed by atoms with Crippen LogP contribution in [0.25, 0.3) is 0 Å². The van der Waals surface area contributed by atoms with E-state index in [4.69, 9.17) is 4.74 Å². The van der Waals surface area contributed by atoms with Crippen molar-refractivity contribution in [2.75, 3.05) is 13.7 Å². The van der Waals surface area contributed by atoms with E-state index in [1.54, 1.807) is 7.11 Å². The van der Waals surface area contributed by atoms with Crippen molar-refractivity contribution in [1.29, 1.82) is 0 Å². The zero-order valence-corrected chi connectivity index (χ0v) is 12.7. The van der Waals surface area contributed by atoms with E-state index >= 15 is 0 Å². The van der Waals surface area contributed by atoms with Crippen molar-refractivity contribution in [2.45, 2.75) is 39.2 Å². The molecule has 0 fully saturated rings. The molecule has 3 unspecified atom stereocenters. The molecular weight excluding hydrogens is 254 g/mol. The predicted molar refractivity (Wildman–Crippen MR) is 79.9 cm³/mol. The van der Waals surface area contributed by atoms with Crippen LogP contribution in [0.15, 0.2) is 24.3 Å². The lowest BCUT2D eigenvalue weighted by Crippen LogP contribution is -2.37. The molecule has 0 saturated carbocycles. The minimum Gasteiger partial charge on any atom is -0.497 e. The SMILES string of the molecule is CCC(C)C(O)CNC(=O)C(C)c1ccc(OC)cc1. The first-order valence-electron chi connectivity index (χ1n) is 7.09. The summed E-state index contributed by atoms with van der Waals surface area (Å²) in [4.78, 5) is 12.1. The highest BCUT2D eigenvalue weighted by Gasteiger charge is 2.18. The van der Waals surface area contributed by atoms with Crippen LogP contribution in [0.5, 0.6) is 5.75 Å². The highest BCUT2D eigenvalue weighted by molar-refractivity contribution is 5.83. The van der Waals surface area contributed by atoms with Crippen LogP contribution in [0.4, 0.5) is 0 Å². The van der Waals surface area contributed by atoms with Crippen LogP contribution in [0.1, 0.15) is 38.7 Å². The summed E-state index contributed by atoms with van der Waals surface area (Å²) < 4.78 is 5.09. The zero-order valence-electron chi connectivity index (χ0n) is 12.7. The Labute approximate surface area is 121 Å². The van der Waals surface area contributed by atoms with Gasteiger partial charge in [0.05, 0.1) is 19.1 Å². The Morgan fingerprint density at radius 3 is 2.40 bits per heavy atom. The maximum absolute atomic E-state index is 12.1. The number of amides is 1. The van der Waals surface area contributed by atoms with Gasteiger partial charge in [-0.3, -0.25) is 4.79 Å². The first-order chi connectivity index (χ1) is 9.49. The number of benzene rings is 1. The Hall–Kier alpha value is -1.55. The monoisotopic (exact) mass is 279 g/mol. The molecule has 0 aromatic heterocycles. The number of hydrogen-bond acceptors (Lipinski definition) is 3. The Balaban J connectivity index is 2.53. The molecule has 1 rings (SSSR count). The van der Waals surface area contributed by atoms with E-state index < -0.39 is 6.10 Å². The van der Waals surface area contributed by atoms with Crippen LogP contribution in [-0.2, 0) is 4.79 Å². The number of carbonyl (C=O) groups is 1. The van der Waals surface area contributed by atoms with Gasteiger partial charge in [-0.1, -0.05) is 32.4 Å². The largest absolute Gasteiger partial charge is 0.497 e. The predicted octanol–water partition coefficient (Wildman–Crippen LogP) is 2.32. The average Bonchev–Trinajstić information content (AvgIpc) is 2.50. The van der Waals surface area contributed by atoms with E-state index in [9.17, 15) is 9.90 Å².